The lowest BCUT2D eigenvalue weighted by Gasteiger charge is -2.33. The molecular formula is C21H22F3N5O3S. The minimum atomic E-state index is -4.46. The Kier molecular flexibility index (Phi) is 6.91. The van der Waals surface area contributed by atoms with Gasteiger partial charge in [0.1, 0.15) is 17.5 Å². The van der Waals surface area contributed by atoms with E-state index in [9.17, 15) is 17.4 Å². The number of aryl methyl sites for hydroxylation is 1. The zero-order chi connectivity index (χ0) is 23.4. The molecule has 0 N–H and O–H groups in total. The maximum absolute atomic E-state index is 13.2. The van der Waals surface area contributed by atoms with Gasteiger partial charge in [0.2, 0.25) is 5.89 Å². The third kappa shape index (κ3) is 5.86. The minimum Gasteiger partial charge on any atom is -0.490 e. The molecule has 0 bridgehead atoms. The third-order valence-electron chi connectivity index (χ3n) is 5.19. The van der Waals surface area contributed by atoms with Gasteiger partial charge in [-0.3, -0.25) is 4.21 Å². The molecule has 0 amide bonds. The van der Waals surface area contributed by atoms with Crippen molar-refractivity contribution in [3.05, 3.63) is 47.9 Å². The summed E-state index contributed by atoms with van der Waals surface area (Å²) in [5, 5.41) is 16.3. The number of anilines is 1. The lowest BCUT2D eigenvalue weighted by atomic mass is 10.1. The van der Waals surface area contributed by atoms with E-state index in [2.05, 4.69) is 20.4 Å². The summed E-state index contributed by atoms with van der Waals surface area (Å²) in [6, 6.07) is 8.77. The summed E-state index contributed by atoms with van der Waals surface area (Å²) in [6.07, 6.45) is -1.62. The summed E-state index contributed by atoms with van der Waals surface area (Å²) < 4.78 is 62.0. The van der Waals surface area contributed by atoms with Gasteiger partial charge >= 0.3 is 6.18 Å². The highest BCUT2D eigenvalue weighted by molar-refractivity contribution is 7.84. The molecule has 4 rings (SSSR count). The summed E-state index contributed by atoms with van der Waals surface area (Å²) in [4.78, 5) is 2.00. The number of halogens is 3. The predicted octanol–water partition coefficient (Wildman–Crippen LogP) is 3.51. The quantitative estimate of drug-likeness (QED) is 0.506. The van der Waals surface area contributed by atoms with E-state index in [1.54, 1.807) is 18.4 Å². The SMILES string of the molecule is CS(=O)CCc1nnc(-c2ccc(N3CCC(Oc4ccccc4C(F)(F)F)CC3)nn2)o1. The Hall–Kier alpha value is -3.02. The molecule has 1 saturated heterocycles. The van der Waals surface area contributed by atoms with E-state index in [-0.39, 0.29) is 17.7 Å². The van der Waals surface area contributed by atoms with Crippen LogP contribution in [0.5, 0.6) is 5.75 Å². The van der Waals surface area contributed by atoms with E-state index >= 15 is 0 Å². The van der Waals surface area contributed by atoms with Crippen LogP contribution in [0.25, 0.3) is 11.6 Å². The second-order valence-corrected chi connectivity index (χ2v) is 9.16. The van der Waals surface area contributed by atoms with Crippen LogP contribution in [0.1, 0.15) is 24.3 Å². The molecule has 3 heterocycles. The van der Waals surface area contributed by atoms with Crippen molar-refractivity contribution >= 4 is 16.6 Å². The van der Waals surface area contributed by atoms with Crippen molar-refractivity contribution < 1.29 is 26.5 Å². The molecule has 0 aliphatic carbocycles. The van der Waals surface area contributed by atoms with Gasteiger partial charge in [0, 0.05) is 55.2 Å². The van der Waals surface area contributed by atoms with Crippen LogP contribution < -0.4 is 9.64 Å². The van der Waals surface area contributed by atoms with Crippen LogP contribution >= 0.6 is 0 Å². The summed E-state index contributed by atoms with van der Waals surface area (Å²) >= 11 is 0. The molecule has 0 saturated carbocycles. The van der Waals surface area contributed by atoms with Crippen molar-refractivity contribution in [2.75, 3.05) is 30.0 Å². The van der Waals surface area contributed by atoms with Crippen LogP contribution in [0.4, 0.5) is 19.0 Å². The first-order chi connectivity index (χ1) is 15.8. The van der Waals surface area contributed by atoms with Gasteiger partial charge in [-0.1, -0.05) is 12.1 Å². The fourth-order valence-electron chi connectivity index (χ4n) is 3.48. The summed E-state index contributed by atoms with van der Waals surface area (Å²) in [7, 11) is -0.947. The molecule has 1 aromatic carbocycles. The fraction of sp³-hybridized carbons (Fsp3) is 0.429. The van der Waals surface area contributed by atoms with Gasteiger partial charge < -0.3 is 14.1 Å². The second-order valence-electron chi connectivity index (χ2n) is 7.60. The summed E-state index contributed by atoms with van der Waals surface area (Å²) in [5.41, 5.74) is -0.335. The van der Waals surface area contributed by atoms with E-state index < -0.39 is 22.5 Å². The standard InChI is InChI=1S/C21H22F3N5O3S/c1-33(30)13-10-19-27-28-20(32-19)16-6-7-18(26-25-16)29-11-8-14(9-12-29)31-17-5-3-2-4-15(17)21(22,23)24/h2-7,14H,8-13H2,1H3. The molecule has 2 aromatic heterocycles. The van der Waals surface area contributed by atoms with Crippen molar-refractivity contribution in [2.24, 2.45) is 0 Å². The van der Waals surface area contributed by atoms with Gasteiger partial charge in [-0.25, -0.2) is 0 Å². The number of hydrogen-bond donors (Lipinski definition) is 0. The van der Waals surface area contributed by atoms with Crippen LogP contribution in [0, 0.1) is 0 Å². The monoisotopic (exact) mass is 481 g/mol. The Morgan fingerprint density at radius 3 is 2.52 bits per heavy atom. The number of benzene rings is 1. The number of rotatable bonds is 7. The zero-order valence-electron chi connectivity index (χ0n) is 17.8. The van der Waals surface area contributed by atoms with Crippen LogP contribution in [0.2, 0.25) is 0 Å². The van der Waals surface area contributed by atoms with Crippen LogP contribution in [0.3, 0.4) is 0 Å². The second kappa shape index (κ2) is 9.86. The Morgan fingerprint density at radius 1 is 1.09 bits per heavy atom. The van der Waals surface area contributed by atoms with Crippen molar-refractivity contribution in [1.29, 1.82) is 0 Å². The van der Waals surface area contributed by atoms with E-state index in [1.165, 1.54) is 18.2 Å². The molecule has 176 valence electrons. The number of hydrogen-bond acceptors (Lipinski definition) is 8. The predicted molar refractivity (Wildman–Crippen MR) is 115 cm³/mol. The van der Waals surface area contributed by atoms with Gasteiger partial charge in [-0.15, -0.1) is 20.4 Å². The molecule has 1 fully saturated rings. The van der Waals surface area contributed by atoms with Crippen molar-refractivity contribution in [3.8, 4) is 17.3 Å². The number of alkyl halides is 3. The molecule has 3 aromatic rings. The van der Waals surface area contributed by atoms with Gasteiger partial charge in [-0.2, -0.15) is 13.2 Å². The van der Waals surface area contributed by atoms with Crippen molar-refractivity contribution in [2.45, 2.75) is 31.5 Å². The highest BCUT2D eigenvalue weighted by atomic mass is 32.2. The molecular weight excluding hydrogens is 459 g/mol. The number of piperidine rings is 1. The maximum Gasteiger partial charge on any atom is 0.419 e. The summed E-state index contributed by atoms with van der Waals surface area (Å²) in [5.74, 6) is 1.57. The van der Waals surface area contributed by atoms with E-state index in [1.807, 2.05) is 4.90 Å². The van der Waals surface area contributed by atoms with Gasteiger partial charge in [0.05, 0.1) is 5.56 Å². The first-order valence-corrected chi connectivity index (χ1v) is 12.1. The van der Waals surface area contributed by atoms with E-state index in [4.69, 9.17) is 9.15 Å². The fourth-order valence-corrected chi connectivity index (χ4v) is 3.95. The molecule has 8 nitrogen and oxygen atoms in total. The Bertz CT molecular complexity index is 1100. The lowest BCUT2D eigenvalue weighted by Crippen LogP contribution is -2.39. The van der Waals surface area contributed by atoms with Gasteiger partial charge in [-0.05, 0) is 24.3 Å². The first-order valence-electron chi connectivity index (χ1n) is 10.3. The van der Waals surface area contributed by atoms with Crippen LogP contribution in [-0.2, 0) is 23.4 Å². The minimum absolute atomic E-state index is 0.142. The Balaban J connectivity index is 1.34. The highest BCUT2D eigenvalue weighted by Crippen LogP contribution is 2.37. The third-order valence-corrected chi connectivity index (χ3v) is 5.97. The van der Waals surface area contributed by atoms with Crippen molar-refractivity contribution in [3.63, 3.8) is 0 Å². The lowest BCUT2D eigenvalue weighted by molar-refractivity contribution is -0.139. The summed E-state index contributed by atoms with van der Waals surface area (Å²) in [6.45, 7) is 1.15. The number of nitrogens with zero attached hydrogens (tertiary/aromatic N) is 5. The zero-order valence-corrected chi connectivity index (χ0v) is 18.6. The molecule has 33 heavy (non-hydrogen) atoms. The number of aromatic nitrogens is 4. The Morgan fingerprint density at radius 2 is 1.85 bits per heavy atom. The topological polar surface area (TPSA) is 94.2 Å². The van der Waals surface area contributed by atoms with Gasteiger partial charge in [0.15, 0.2) is 5.82 Å². The van der Waals surface area contributed by atoms with Crippen LogP contribution in [-0.4, -0.2) is 55.8 Å². The van der Waals surface area contributed by atoms with Crippen LogP contribution in [0.15, 0.2) is 40.8 Å². The molecule has 0 spiro atoms. The average molecular weight is 482 g/mol. The molecule has 1 unspecified atom stereocenters. The first kappa shape index (κ1) is 23.1. The molecule has 1 aliphatic heterocycles. The van der Waals surface area contributed by atoms with E-state index in [0.29, 0.717) is 55.5 Å². The van der Waals surface area contributed by atoms with Gasteiger partial charge in [0.25, 0.3) is 5.89 Å². The van der Waals surface area contributed by atoms with E-state index in [0.717, 1.165) is 6.07 Å². The molecule has 0 radical (unpaired) electrons. The normalized spacial score (nSPS) is 16.1. The molecule has 12 heteroatoms. The molecule has 1 atom stereocenters. The maximum atomic E-state index is 13.2. The number of para-hydroxylation sites is 1. The highest BCUT2D eigenvalue weighted by Gasteiger charge is 2.35. The van der Waals surface area contributed by atoms with Crippen molar-refractivity contribution in [1.82, 2.24) is 20.4 Å². The number of ether oxygens (including phenoxy) is 1. The smallest absolute Gasteiger partial charge is 0.419 e. The average Bonchev–Trinajstić information content (AvgIpc) is 3.27. The Labute approximate surface area is 190 Å². The largest absolute Gasteiger partial charge is 0.490 e. The molecule has 1 aliphatic rings.